The molecule has 0 aliphatic carbocycles. The van der Waals surface area contributed by atoms with Crippen LogP contribution < -0.4 is 0 Å². The second kappa shape index (κ2) is 2.46. The zero-order chi connectivity index (χ0) is 5.98. The topological polar surface area (TPSA) is 29.5 Å². The van der Waals surface area contributed by atoms with Gasteiger partial charge in [0, 0.05) is 5.92 Å². The number of hydrogen-bond acceptors (Lipinski definition) is 2. The highest BCUT2D eigenvalue weighted by molar-refractivity contribution is 4.71. The number of aliphatic hydroxyl groups excluding tert-OH is 1. The smallest absolute Gasteiger partial charge is 0.0823 e. The Morgan fingerprint density at radius 1 is 1.62 bits per heavy atom. The number of ether oxygens (including phenoxy) is 1. The number of hydrogen-bond donors (Lipinski definition) is 1. The Labute approximate surface area is 49.5 Å². The molecule has 1 aliphatic rings. The van der Waals surface area contributed by atoms with Crippen LogP contribution in [0.5, 0.6) is 0 Å². The van der Waals surface area contributed by atoms with Gasteiger partial charge in [-0.1, -0.05) is 6.92 Å². The van der Waals surface area contributed by atoms with Crippen LogP contribution in [0, 0.1) is 5.92 Å². The molecule has 0 spiro atoms. The summed E-state index contributed by atoms with van der Waals surface area (Å²) in [4.78, 5) is 0. The lowest BCUT2D eigenvalue weighted by Crippen LogP contribution is -2.16. The highest BCUT2D eigenvalue weighted by Gasteiger charge is 2.23. The van der Waals surface area contributed by atoms with Gasteiger partial charge in [-0.05, 0) is 6.42 Å². The Hall–Kier alpha value is -0.0800. The van der Waals surface area contributed by atoms with Gasteiger partial charge in [-0.2, -0.15) is 0 Å². The molecule has 1 fully saturated rings. The fourth-order valence-corrected chi connectivity index (χ4v) is 0.977. The summed E-state index contributed by atoms with van der Waals surface area (Å²) in [6.07, 6.45) is 0.834. The molecule has 1 heterocycles. The fourth-order valence-electron chi connectivity index (χ4n) is 0.977. The van der Waals surface area contributed by atoms with Gasteiger partial charge in [0.2, 0.25) is 0 Å². The van der Waals surface area contributed by atoms with Crippen molar-refractivity contribution < 1.29 is 9.84 Å². The van der Waals surface area contributed by atoms with Gasteiger partial charge in [0.05, 0.1) is 19.3 Å². The average molecular weight is 116 g/mol. The third kappa shape index (κ3) is 1.01. The molecule has 0 aromatic heterocycles. The van der Waals surface area contributed by atoms with Crippen LogP contribution in [0.1, 0.15) is 13.3 Å². The van der Waals surface area contributed by atoms with E-state index in [1.165, 1.54) is 0 Å². The van der Waals surface area contributed by atoms with Gasteiger partial charge in [-0.3, -0.25) is 0 Å². The molecule has 1 N–H and O–H groups in total. The first-order chi connectivity index (χ1) is 3.84. The van der Waals surface area contributed by atoms with E-state index in [-0.39, 0.29) is 6.10 Å². The van der Waals surface area contributed by atoms with Crippen molar-refractivity contribution in [3.05, 3.63) is 0 Å². The van der Waals surface area contributed by atoms with E-state index in [0.717, 1.165) is 13.0 Å². The minimum atomic E-state index is -0.194. The summed E-state index contributed by atoms with van der Waals surface area (Å²) in [6, 6.07) is 0. The van der Waals surface area contributed by atoms with E-state index in [2.05, 4.69) is 6.92 Å². The first-order valence-electron chi connectivity index (χ1n) is 3.10. The minimum Gasteiger partial charge on any atom is -0.390 e. The van der Waals surface area contributed by atoms with Crippen LogP contribution >= 0.6 is 0 Å². The lowest BCUT2D eigenvalue weighted by molar-refractivity contribution is 0.118. The third-order valence-electron chi connectivity index (χ3n) is 1.69. The van der Waals surface area contributed by atoms with Crippen molar-refractivity contribution in [2.24, 2.45) is 5.92 Å². The van der Waals surface area contributed by atoms with E-state index in [0.29, 0.717) is 12.5 Å². The Morgan fingerprint density at radius 2 is 2.38 bits per heavy atom. The molecule has 1 rings (SSSR count). The number of rotatable bonds is 1. The molecular weight excluding hydrogens is 104 g/mol. The van der Waals surface area contributed by atoms with E-state index in [4.69, 9.17) is 9.84 Å². The van der Waals surface area contributed by atoms with Gasteiger partial charge in [0.15, 0.2) is 0 Å². The Balaban J connectivity index is 2.30. The second-order valence-corrected chi connectivity index (χ2v) is 2.27. The molecular formula is C6H12O2. The largest absolute Gasteiger partial charge is 0.390 e. The Bertz CT molecular complexity index is 72.9. The molecule has 1 aliphatic heterocycles. The van der Waals surface area contributed by atoms with Crippen molar-refractivity contribution in [2.75, 3.05) is 13.2 Å². The maximum atomic E-state index is 9.06. The molecule has 8 heavy (non-hydrogen) atoms. The summed E-state index contributed by atoms with van der Waals surface area (Å²) in [5, 5.41) is 9.06. The molecule has 48 valence electrons. The molecule has 0 aromatic carbocycles. The van der Waals surface area contributed by atoms with Crippen LogP contribution in [0.4, 0.5) is 0 Å². The summed E-state index contributed by atoms with van der Waals surface area (Å²) in [5.41, 5.74) is 0. The van der Waals surface area contributed by atoms with E-state index >= 15 is 0 Å². The Kier molecular flexibility index (Phi) is 1.86. The molecule has 2 heteroatoms. The summed E-state index contributed by atoms with van der Waals surface area (Å²) in [7, 11) is 0. The molecule has 1 saturated heterocycles. The molecule has 2 atom stereocenters. The van der Waals surface area contributed by atoms with Crippen LogP contribution in [-0.2, 0) is 4.74 Å². The fraction of sp³-hybridized carbons (Fsp3) is 1.00. The van der Waals surface area contributed by atoms with Crippen molar-refractivity contribution in [2.45, 2.75) is 19.4 Å². The van der Waals surface area contributed by atoms with E-state index < -0.39 is 0 Å². The van der Waals surface area contributed by atoms with Gasteiger partial charge in [-0.15, -0.1) is 0 Å². The van der Waals surface area contributed by atoms with Gasteiger partial charge < -0.3 is 9.84 Å². The molecule has 1 unspecified atom stereocenters. The van der Waals surface area contributed by atoms with Gasteiger partial charge in [0.25, 0.3) is 0 Å². The third-order valence-corrected chi connectivity index (χ3v) is 1.69. The average Bonchev–Trinajstić information content (AvgIpc) is 2.14. The van der Waals surface area contributed by atoms with Crippen LogP contribution in [-0.4, -0.2) is 24.4 Å². The van der Waals surface area contributed by atoms with Crippen molar-refractivity contribution in [1.82, 2.24) is 0 Å². The van der Waals surface area contributed by atoms with Gasteiger partial charge in [-0.25, -0.2) is 0 Å². The zero-order valence-electron chi connectivity index (χ0n) is 5.13. The maximum absolute atomic E-state index is 9.06. The second-order valence-electron chi connectivity index (χ2n) is 2.27. The molecule has 2 nitrogen and oxygen atoms in total. The van der Waals surface area contributed by atoms with E-state index in [1.54, 1.807) is 0 Å². The first kappa shape index (κ1) is 6.05. The van der Waals surface area contributed by atoms with Crippen molar-refractivity contribution >= 4 is 0 Å². The van der Waals surface area contributed by atoms with Crippen LogP contribution in [0.25, 0.3) is 0 Å². The Morgan fingerprint density at radius 3 is 2.62 bits per heavy atom. The highest BCUT2D eigenvalue weighted by atomic mass is 16.5. The van der Waals surface area contributed by atoms with Crippen LogP contribution in [0.15, 0.2) is 0 Å². The van der Waals surface area contributed by atoms with Gasteiger partial charge in [0.1, 0.15) is 0 Å². The SMILES string of the molecule is CCC1COC[C@H]1O. The molecule has 0 saturated carbocycles. The number of aliphatic hydroxyl groups is 1. The minimum absolute atomic E-state index is 0.194. The summed E-state index contributed by atoms with van der Waals surface area (Å²) >= 11 is 0. The first-order valence-corrected chi connectivity index (χ1v) is 3.10. The van der Waals surface area contributed by atoms with E-state index in [9.17, 15) is 0 Å². The lowest BCUT2D eigenvalue weighted by Gasteiger charge is -2.06. The van der Waals surface area contributed by atoms with Crippen LogP contribution in [0.3, 0.4) is 0 Å². The normalized spacial score (nSPS) is 38.2. The molecule has 0 amide bonds. The van der Waals surface area contributed by atoms with Crippen molar-refractivity contribution in [3.63, 3.8) is 0 Å². The van der Waals surface area contributed by atoms with Gasteiger partial charge >= 0.3 is 0 Å². The van der Waals surface area contributed by atoms with E-state index in [1.807, 2.05) is 0 Å². The maximum Gasteiger partial charge on any atom is 0.0823 e. The predicted octanol–water partition coefficient (Wildman–Crippen LogP) is 0.404. The molecule has 0 aromatic rings. The summed E-state index contributed by atoms with van der Waals surface area (Å²) < 4.78 is 5.01. The molecule has 0 radical (unpaired) electrons. The molecule has 0 bridgehead atoms. The van der Waals surface area contributed by atoms with Crippen molar-refractivity contribution in [3.8, 4) is 0 Å². The summed E-state index contributed by atoms with van der Waals surface area (Å²) in [6.45, 7) is 3.36. The lowest BCUT2D eigenvalue weighted by atomic mass is 10.0. The zero-order valence-corrected chi connectivity index (χ0v) is 5.13. The monoisotopic (exact) mass is 116 g/mol. The van der Waals surface area contributed by atoms with Crippen molar-refractivity contribution in [1.29, 1.82) is 0 Å². The van der Waals surface area contributed by atoms with Crippen LogP contribution in [0.2, 0.25) is 0 Å². The highest BCUT2D eigenvalue weighted by Crippen LogP contribution is 2.15. The standard InChI is InChI=1S/C6H12O2/c1-2-5-3-8-4-6(5)7/h5-7H,2-4H2,1H3/t5?,6-/m1/s1. The predicted molar refractivity (Wildman–Crippen MR) is 30.6 cm³/mol. The summed E-state index contributed by atoms with van der Waals surface area (Å²) in [5.74, 6) is 0.398. The quantitative estimate of drug-likeness (QED) is 0.537.